The van der Waals surface area contributed by atoms with Crippen molar-refractivity contribution in [1.82, 2.24) is 14.2 Å². The molecule has 5 rings (SSSR count). The van der Waals surface area contributed by atoms with E-state index in [9.17, 15) is 27.9 Å². The van der Waals surface area contributed by atoms with Crippen molar-refractivity contribution in [2.75, 3.05) is 25.5 Å². The van der Waals surface area contributed by atoms with Gasteiger partial charge in [0, 0.05) is 50.7 Å². The lowest BCUT2D eigenvalue weighted by molar-refractivity contribution is -0.144. The number of rotatable bonds is 8. The van der Waals surface area contributed by atoms with Crippen LogP contribution in [0, 0.1) is 0 Å². The van der Waals surface area contributed by atoms with Crippen LogP contribution < -0.4 is 4.90 Å². The highest BCUT2D eigenvalue weighted by Crippen LogP contribution is 2.54. The van der Waals surface area contributed by atoms with E-state index in [1.54, 1.807) is 53.7 Å². The maximum Gasteiger partial charge on any atom is 0.296 e. The molecule has 10 nitrogen and oxygen atoms in total. The molecule has 3 aromatic rings. The Morgan fingerprint density at radius 1 is 1.00 bits per heavy atom. The van der Waals surface area contributed by atoms with Gasteiger partial charge in [-0.2, -0.15) is 0 Å². The maximum absolute atomic E-state index is 14.5. The molecular formula is C30H30N4O6S. The fourth-order valence-corrected chi connectivity index (χ4v) is 6.34. The number of hydrogen-bond donors (Lipinski definition) is 1. The molecule has 41 heavy (non-hydrogen) atoms. The summed E-state index contributed by atoms with van der Waals surface area (Å²) in [5.74, 6) is -3.01. The Labute approximate surface area is 238 Å². The molecule has 2 aliphatic rings. The number of ketones is 1. The smallest absolute Gasteiger partial charge is 0.296 e. The number of carbonyl (C=O) groups excluding carboxylic acids is 3. The van der Waals surface area contributed by atoms with E-state index in [1.165, 1.54) is 43.3 Å². The minimum absolute atomic E-state index is 0.0150. The van der Waals surface area contributed by atoms with E-state index in [4.69, 9.17) is 0 Å². The molecule has 1 atom stereocenters. The first-order valence-electron chi connectivity index (χ1n) is 13.2. The molecule has 212 valence electrons. The minimum Gasteiger partial charge on any atom is -0.507 e. The predicted octanol–water partition coefficient (Wildman–Crippen LogP) is 3.25. The molecule has 2 aliphatic heterocycles. The predicted molar refractivity (Wildman–Crippen MR) is 152 cm³/mol. The van der Waals surface area contributed by atoms with Crippen molar-refractivity contribution in [2.45, 2.75) is 36.7 Å². The summed E-state index contributed by atoms with van der Waals surface area (Å²) in [7, 11) is -0.944. The molecule has 1 saturated heterocycles. The molecule has 1 N–H and O–H groups in total. The van der Waals surface area contributed by atoms with E-state index in [1.807, 2.05) is 6.92 Å². The summed E-state index contributed by atoms with van der Waals surface area (Å²) in [6, 6.07) is 15.7. The number of aromatic nitrogens is 1. The van der Waals surface area contributed by atoms with E-state index in [2.05, 4.69) is 4.98 Å². The SMILES string of the molecule is CCCCN1C(=O)C2(/C(=C(/O)c3ccc(S(=O)(=O)N(C)C)cc3)C(=O)C(=O)N2Cc2cccnc2)c2ccccc21. The number of pyridine rings is 1. The number of para-hydroxylation sites is 1. The first-order chi connectivity index (χ1) is 19.6. The Kier molecular flexibility index (Phi) is 7.26. The summed E-state index contributed by atoms with van der Waals surface area (Å²) in [6.45, 7) is 2.26. The van der Waals surface area contributed by atoms with Crippen LogP contribution in [0.4, 0.5) is 5.69 Å². The van der Waals surface area contributed by atoms with Gasteiger partial charge in [0.25, 0.3) is 17.6 Å². The fourth-order valence-electron chi connectivity index (χ4n) is 5.44. The van der Waals surface area contributed by atoms with Crippen molar-refractivity contribution in [3.8, 4) is 0 Å². The Morgan fingerprint density at radius 3 is 2.34 bits per heavy atom. The van der Waals surface area contributed by atoms with E-state index in [-0.39, 0.29) is 22.6 Å². The van der Waals surface area contributed by atoms with Gasteiger partial charge in [0.2, 0.25) is 10.0 Å². The Hall–Kier alpha value is -4.35. The number of likely N-dealkylation sites (tertiary alicyclic amines) is 1. The molecule has 1 spiro atoms. The highest BCUT2D eigenvalue weighted by Gasteiger charge is 2.67. The van der Waals surface area contributed by atoms with Crippen LogP contribution in [0.2, 0.25) is 0 Å². The Morgan fingerprint density at radius 2 is 1.71 bits per heavy atom. The van der Waals surface area contributed by atoms with Gasteiger partial charge in [-0.1, -0.05) is 37.6 Å². The maximum atomic E-state index is 14.5. The fraction of sp³-hybridized carbons (Fsp3) is 0.267. The van der Waals surface area contributed by atoms with Gasteiger partial charge in [-0.05, 0) is 48.4 Å². The zero-order valence-electron chi connectivity index (χ0n) is 22.9. The van der Waals surface area contributed by atoms with Crippen molar-refractivity contribution in [2.24, 2.45) is 0 Å². The third-order valence-electron chi connectivity index (χ3n) is 7.51. The Balaban J connectivity index is 1.76. The van der Waals surface area contributed by atoms with E-state index in [0.29, 0.717) is 29.8 Å². The molecule has 1 unspecified atom stereocenters. The monoisotopic (exact) mass is 574 g/mol. The normalized spacial score (nSPS) is 20.0. The number of sulfonamides is 1. The number of hydrogen-bond acceptors (Lipinski definition) is 7. The third kappa shape index (κ3) is 4.32. The van der Waals surface area contributed by atoms with Gasteiger partial charge in [-0.15, -0.1) is 0 Å². The van der Waals surface area contributed by atoms with Gasteiger partial charge in [0.15, 0.2) is 5.54 Å². The summed E-state index contributed by atoms with van der Waals surface area (Å²) >= 11 is 0. The molecule has 2 aromatic carbocycles. The van der Waals surface area contributed by atoms with Crippen molar-refractivity contribution in [1.29, 1.82) is 0 Å². The molecule has 0 saturated carbocycles. The first-order valence-corrected chi connectivity index (χ1v) is 14.6. The number of aliphatic hydroxyl groups excluding tert-OH is 1. The number of Topliss-reactive ketones (excluding diaryl/α,β-unsaturated/α-hetero) is 1. The van der Waals surface area contributed by atoms with E-state index in [0.717, 1.165) is 10.7 Å². The van der Waals surface area contributed by atoms with Gasteiger partial charge in [0.1, 0.15) is 5.76 Å². The summed E-state index contributed by atoms with van der Waals surface area (Å²) in [5, 5.41) is 11.7. The van der Waals surface area contributed by atoms with Crippen molar-refractivity contribution < 1.29 is 27.9 Å². The summed E-state index contributed by atoms with van der Waals surface area (Å²) in [5.41, 5.74) is -0.610. The molecule has 1 aromatic heterocycles. The van der Waals surface area contributed by atoms with Gasteiger partial charge in [-0.3, -0.25) is 19.4 Å². The minimum atomic E-state index is -3.75. The number of unbranched alkanes of at least 4 members (excludes halogenated alkanes) is 1. The second kappa shape index (κ2) is 10.6. The van der Waals surface area contributed by atoms with Crippen LogP contribution in [0.5, 0.6) is 0 Å². The lowest BCUT2D eigenvalue weighted by Crippen LogP contribution is -2.51. The number of carbonyl (C=O) groups is 3. The second-order valence-electron chi connectivity index (χ2n) is 10.2. The van der Waals surface area contributed by atoms with Crippen LogP contribution in [0.15, 0.2) is 83.5 Å². The molecular weight excluding hydrogens is 544 g/mol. The molecule has 2 amide bonds. The lowest BCUT2D eigenvalue weighted by atomic mass is 9.81. The van der Waals surface area contributed by atoms with Gasteiger partial charge >= 0.3 is 0 Å². The topological polar surface area (TPSA) is 128 Å². The number of fused-ring (bicyclic) bond motifs is 2. The van der Waals surface area contributed by atoms with Gasteiger partial charge < -0.3 is 14.9 Å². The highest BCUT2D eigenvalue weighted by molar-refractivity contribution is 7.89. The van der Waals surface area contributed by atoms with E-state index >= 15 is 0 Å². The van der Waals surface area contributed by atoms with Crippen LogP contribution in [-0.2, 0) is 36.5 Å². The molecule has 3 heterocycles. The third-order valence-corrected chi connectivity index (χ3v) is 9.34. The molecule has 1 fully saturated rings. The summed E-state index contributed by atoms with van der Waals surface area (Å²) < 4.78 is 26.2. The highest BCUT2D eigenvalue weighted by atomic mass is 32.2. The number of aliphatic hydroxyl groups is 1. The molecule has 11 heteroatoms. The lowest BCUT2D eigenvalue weighted by Gasteiger charge is -2.34. The van der Waals surface area contributed by atoms with Gasteiger partial charge in [0.05, 0.1) is 16.2 Å². The van der Waals surface area contributed by atoms with Crippen LogP contribution in [-0.4, -0.2) is 66.0 Å². The van der Waals surface area contributed by atoms with Crippen LogP contribution in [0.1, 0.15) is 36.5 Å². The summed E-state index contributed by atoms with van der Waals surface area (Å²) in [4.78, 5) is 48.9. The van der Waals surface area contributed by atoms with Crippen molar-refractivity contribution >= 4 is 39.1 Å². The largest absolute Gasteiger partial charge is 0.507 e. The average Bonchev–Trinajstić information content (AvgIpc) is 3.35. The quantitative estimate of drug-likeness (QED) is 0.248. The number of amides is 2. The van der Waals surface area contributed by atoms with Gasteiger partial charge in [-0.25, -0.2) is 12.7 Å². The number of benzene rings is 2. The zero-order chi connectivity index (χ0) is 29.5. The number of anilines is 1. The summed E-state index contributed by atoms with van der Waals surface area (Å²) in [6.07, 6.45) is 4.63. The van der Waals surface area contributed by atoms with Crippen molar-refractivity contribution in [3.63, 3.8) is 0 Å². The first kappa shape index (κ1) is 28.2. The van der Waals surface area contributed by atoms with E-state index < -0.39 is 38.9 Å². The van der Waals surface area contributed by atoms with Crippen LogP contribution in [0.25, 0.3) is 5.76 Å². The van der Waals surface area contributed by atoms with Crippen LogP contribution in [0.3, 0.4) is 0 Å². The molecule has 0 aliphatic carbocycles. The second-order valence-corrected chi connectivity index (χ2v) is 12.3. The standard InChI is InChI=1S/C30H30N4O6S/c1-4-5-17-33-24-11-7-6-10-23(24)30(29(33)38)25(27(36)28(37)34(30)19-20-9-8-16-31-18-20)26(35)21-12-14-22(15-13-21)41(39,40)32(2)3/h6-16,18,35H,4-5,17,19H2,1-3H3/b26-25+. The van der Waals surface area contributed by atoms with Crippen molar-refractivity contribution in [3.05, 3.63) is 95.3 Å². The van der Waals surface area contributed by atoms with Crippen LogP contribution >= 0.6 is 0 Å². The molecule has 0 radical (unpaired) electrons. The Bertz CT molecular complexity index is 1670. The number of nitrogens with zero attached hydrogens (tertiary/aromatic N) is 4. The molecule has 0 bridgehead atoms. The zero-order valence-corrected chi connectivity index (χ0v) is 23.8. The average molecular weight is 575 g/mol.